The third-order valence-electron chi connectivity index (χ3n) is 3.56. The van der Waals surface area contributed by atoms with Crippen LogP contribution < -0.4 is 9.47 Å². The number of hydrogen-bond acceptors (Lipinski definition) is 5. The minimum Gasteiger partial charge on any atom is -0.439 e. The van der Waals surface area contributed by atoms with E-state index in [-0.39, 0.29) is 22.4 Å². The maximum atomic E-state index is 12.8. The number of halogens is 3. The number of aromatic nitrogens is 1. The monoisotopic (exact) mass is 409 g/mol. The number of hydrogen-bond donors (Lipinski definition) is 0. The molecule has 0 radical (unpaired) electrons. The van der Waals surface area contributed by atoms with Gasteiger partial charge in [-0.2, -0.15) is 18.2 Å². The predicted molar refractivity (Wildman–Crippen MR) is 95.4 cm³/mol. The zero-order valence-corrected chi connectivity index (χ0v) is 15.3. The molecule has 3 aromatic rings. The van der Waals surface area contributed by atoms with Gasteiger partial charge < -0.3 is 9.47 Å². The van der Waals surface area contributed by atoms with Crippen molar-refractivity contribution in [1.82, 2.24) is 4.98 Å². The van der Waals surface area contributed by atoms with Gasteiger partial charge in [-0.3, -0.25) is 0 Å². The molecule has 0 saturated heterocycles. The summed E-state index contributed by atoms with van der Waals surface area (Å²) in [5, 5.41) is 0. The number of ether oxygens (including phenoxy) is 2. The third-order valence-corrected chi connectivity index (χ3v) is 4.68. The van der Waals surface area contributed by atoms with Crippen LogP contribution in [-0.2, 0) is 16.0 Å². The quantitative estimate of drug-likeness (QED) is 0.587. The highest BCUT2D eigenvalue weighted by Crippen LogP contribution is 2.33. The molecular formula is C19H14F3NO4S. The van der Waals surface area contributed by atoms with Gasteiger partial charge in [0.25, 0.3) is 0 Å². The van der Waals surface area contributed by atoms with Crippen molar-refractivity contribution in [2.75, 3.05) is 6.26 Å². The molecule has 0 aliphatic rings. The molecule has 2 aromatic carbocycles. The van der Waals surface area contributed by atoms with Gasteiger partial charge in [-0.1, -0.05) is 12.1 Å². The molecule has 0 spiro atoms. The van der Waals surface area contributed by atoms with Crippen LogP contribution in [0.4, 0.5) is 13.2 Å². The fourth-order valence-electron chi connectivity index (χ4n) is 2.24. The van der Waals surface area contributed by atoms with Gasteiger partial charge in [0.15, 0.2) is 9.84 Å². The van der Waals surface area contributed by atoms with E-state index in [2.05, 4.69) is 4.98 Å². The molecule has 0 saturated carbocycles. The lowest BCUT2D eigenvalue weighted by molar-refractivity contribution is -0.137. The molecule has 1 heterocycles. The molecule has 0 aliphatic heterocycles. The van der Waals surface area contributed by atoms with E-state index in [4.69, 9.17) is 9.47 Å². The van der Waals surface area contributed by atoms with Crippen LogP contribution in [-0.4, -0.2) is 19.7 Å². The van der Waals surface area contributed by atoms with Crippen molar-refractivity contribution < 1.29 is 31.1 Å². The molecule has 0 atom stereocenters. The zero-order chi connectivity index (χ0) is 20.4. The average molecular weight is 409 g/mol. The Morgan fingerprint density at radius 1 is 0.821 bits per heavy atom. The minimum absolute atomic E-state index is 0.0167. The van der Waals surface area contributed by atoms with Crippen LogP contribution in [0.2, 0.25) is 0 Å². The van der Waals surface area contributed by atoms with Gasteiger partial charge in [-0.15, -0.1) is 0 Å². The van der Waals surface area contributed by atoms with Crippen LogP contribution in [0, 0.1) is 0 Å². The van der Waals surface area contributed by atoms with E-state index >= 15 is 0 Å². The second-order valence-electron chi connectivity index (χ2n) is 5.79. The lowest BCUT2D eigenvalue weighted by Gasteiger charge is -2.10. The van der Waals surface area contributed by atoms with E-state index in [1.165, 1.54) is 48.5 Å². The van der Waals surface area contributed by atoms with Crippen LogP contribution in [0.25, 0.3) is 0 Å². The zero-order valence-electron chi connectivity index (χ0n) is 14.5. The molecule has 146 valence electrons. The Bertz CT molecular complexity index is 1080. The average Bonchev–Trinajstić information content (AvgIpc) is 2.61. The Balaban J connectivity index is 1.76. The molecule has 1 aromatic heterocycles. The first-order valence-electron chi connectivity index (χ1n) is 7.91. The third kappa shape index (κ3) is 5.01. The summed E-state index contributed by atoms with van der Waals surface area (Å²) in [6, 6.07) is 14.7. The van der Waals surface area contributed by atoms with Crippen molar-refractivity contribution in [3.8, 4) is 23.3 Å². The van der Waals surface area contributed by atoms with E-state index in [1.54, 1.807) is 6.07 Å². The second-order valence-corrected chi connectivity index (χ2v) is 7.80. The number of benzene rings is 2. The summed E-state index contributed by atoms with van der Waals surface area (Å²) in [6.07, 6.45) is -3.38. The van der Waals surface area contributed by atoms with Crippen LogP contribution in [0.1, 0.15) is 5.56 Å². The smallest absolute Gasteiger partial charge is 0.416 e. The summed E-state index contributed by atoms with van der Waals surface area (Å²) in [6.45, 7) is 0. The number of alkyl halides is 3. The number of sulfone groups is 1. The summed E-state index contributed by atoms with van der Waals surface area (Å²) < 4.78 is 72.2. The van der Waals surface area contributed by atoms with Gasteiger partial charge in [0, 0.05) is 18.4 Å². The van der Waals surface area contributed by atoms with Gasteiger partial charge in [-0.25, -0.2) is 8.42 Å². The topological polar surface area (TPSA) is 65.5 Å². The SMILES string of the molecule is CS(=O)(=O)c1ccc(Oc2cccc(Oc3cccc(C(F)(F)F)c3)n2)cc1. The molecule has 0 unspecified atom stereocenters. The summed E-state index contributed by atoms with van der Waals surface area (Å²) >= 11 is 0. The van der Waals surface area contributed by atoms with Crippen LogP contribution in [0.3, 0.4) is 0 Å². The Hall–Kier alpha value is -3.07. The molecule has 0 bridgehead atoms. The fourth-order valence-corrected chi connectivity index (χ4v) is 2.87. The number of pyridine rings is 1. The van der Waals surface area contributed by atoms with E-state index in [0.717, 1.165) is 18.4 Å². The first kappa shape index (κ1) is 19.7. The van der Waals surface area contributed by atoms with Crippen molar-refractivity contribution >= 4 is 9.84 Å². The molecule has 0 fully saturated rings. The summed E-state index contributed by atoms with van der Waals surface area (Å²) in [7, 11) is -3.32. The highest BCUT2D eigenvalue weighted by atomic mass is 32.2. The van der Waals surface area contributed by atoms with Crippen molar-refractivity contribution in [2.24, 2.45) is 0 Å². The van der Waals surface area contributed by atoms with Gasteiger partial charge in [-0.05, 0) is 42.5 Å². The molecule has 0 amide bonds. The molecule has 0 aliphatic carbocycles. The first-order valence-corrected chi connectivity index (χ1v) is 9.80. The van der Waals surface area contributed by atoms with Gasteiger partial charge in [0.1, 0.15) is 11.5 Å². The van der Waals surface area contributed by atoms with Crippen molar-refractivity contribution in [2.45, 2.75) is 11.1 Å². The van der Waals surface area contributed by atoms with Gasteiger partial charge in [0.05, 0.1) is 10.5 Å². The molecule has 28 heavy (non-hydrogen) atoms. The standard InChI is InChI=1S/C19H14F3NO4S/c1-28(24,25)16-10-8-14(9-11-16)26-17-6-3-7-18(23-17)27-15-5-2-4-13(12-15)19(20,21)22/h2-12H,1H3. The highest BCUT2D eigenvalue weighted by Gasteiger charge is 2.30. The largest absolute Gasteiger partial charge is 0.439 e. The van der Waals surface area contributed by atoms with Crippen LogP contribution in [0.15, 0.2) is 71.6 Å². The van der Waals surface area contributed by atoms with Crippen molar-refractivity contribution in [3.05, 3.63) is 72.3 Å². The molecule has 3 rings (SSSR count). The van der Waals surface area contributed by atoms with Crippen molar-refractivity contribution in [3.63, 3.8) is 0 Å². The predicted octanol–water partition coefficient (Wildman–Crippen LogP) is 5.09. The molecule has 9 heteroatoms. The summed E-state index contributed by atoms with van der Waals surface area (Å²) in [4.78, 5) is 4.23. The van der Waals surface area contributed by atoms with E-state index < -0.39 is 21.6 Å². The lowest BCUT2D eigenvalue weighted by Crippen LogP contribution is -2.04. The highest BCUT2D eigenvalue weighted by molar-refractivity contribution is 7.90. The fraction of sp³-hybridized carbons (Fsp3) is 0.105. The lowest BCUT2D eigenvalue weighted by atomic mass is 10.2. The number of rotatable bonds is 5. The maximum Gasteiger partial charge on any atom is 0.416 e. The second kappa shape index (κ2) is 7.51. The van der Waals surface area contributed by atoms with E-state index in [9.17, 15) is 21.6 Å². The summed E-state index contributed by atoms with van der Waals surface area (Å²) in [5.41, 5.74) is -0.830. The van der Waals surface area contributed by atoms with Crippen molar-refractivity contribution in [1.29, 1.82) is 0 Å². The van der Waals surface area contributed by atoms with Gasteiger partial charge >= 0.3 is 6.18 Å². The maximum absolute atomic E-state index is 12.8. The Morgan fingerprint density at radius 2 is 1.39 bits per heavy atom. The summed E-state index contributed by atoms with van der Waals surface area (Å²) in [5.74, 6) is 0.509. The normalized spacial score (nSPS) is 11.9. The van der Waals surface area contributed by atoms with Crippen LogP contribution >= 0.6 is 0 Å². The van der Waals surface area contributed by atoms with Gasteiger partial charge in [0.2, 0.25) is 11.8 Å². The first-order chi connectivity index (χ1) is 13.1. The molecule has 0 N–H and O–H groups in total. The van der Waals surface area contributed by atoms with Crippen LogP contribution in [0.5, 0.6) is 23.3 Å². The molecular weight excluding hydrogens is 395 g/mol. The minimum atomic E-state index is -4.48. The molecule has 5 nitrogen and oxygen atoms in total. The van der Waals surface area contributed by atoms with E-state index in [0.29, 0.717) is 5.75 Å². The number of nitrogens with zero attached hydrogens (tertiary/aromatic N) is 1. The van der Waals surface area contributed by atoms with E-state index in [1.807, 2.05) is 0 Å². The Morgan fingerprint density at radius 3 is 1.96 bits per heavy atom. The Labute approximate surface area is 159 Å². The Kier molecular flexibility index (Phi) is 5.28.